The number of aliphatic carboxylic acids is 1. The lowest BCUT2D eigenvalue weighted by Crippen LogP contribution is -2.61. The standard InChI is InChI=1S/C17H18O6/c18-10-4-3-8-6-9-2-1-5-15-11(8)12(10)23-13(15)16(21,14(19)20)7-17(9,15)22/h3-4,9,13,18,21-22H,1-2,5-7H2,(H,19,20)/t9?,13-,15?,16?,17?/m1/s1. The van der Waals surface area contributed by atoms with Gasteiger partial charge in [0, 0.05) is 12.0 Å². The van der Waals surface area contributed by atoms with Crippen molar-refractivity contribution < 1.29 is 30.0 Å². The van der Waals surface area contributed by atoms with Crippen LogP contribution in [0.25, 0.3) is 0 Å². The van der Waals surface area contributed by atoms with Crippen molar-refractivity contribution in [2.24, 2.45) is 5.92 Å². The van der Waals surface area contributed by atoms with Gasteiger partial charge >= 0.3 is 5.97 Å². The summed E-state index contributed by atoms with van der Waals surface area (Å²) in [5.41, 5.74) is -2.69. The lowest BCUT2D eigenvalue weighted by atomic mass is 9.52. The lowest BCUT2D eigenvalue weighted by Gasteiger charge is -2.53. The Morgan fingerprint density at radius 3 is 2.83 bits per heavy atom. The Kier molecular flexibility index (Phi) is 2.16. The molecule has 4 unspecified atom stereocenters. The molecule has 2 fully saturated rings. The van der Waals surface area contributed by atoms with Crippen molar-refractivity contribution in [2.45, 2.75) is 54.8 Å². The third kappa shape index (κ3) is 1.18. The molecule has 0 radical (unpaired) electrons. The Morgan fingerprint density at radius 1 is 1.30 bits per heavy atom. The van der Waals surface area contributed by atoms with Crippen LogP contribution in [0.2, 0.25) is 0 Å². The first-order chi connectivity index (χ1) is 10.8. The molecule has 1 heterocycles. The summed E-state index contributed by atoms with van der Waals surface area (Å²) in [6.45, 7) is 0. The molecule has 1 aromatic rings. The normalized spacial score (nSPS) is 45.5. The number of phenols is 1. The van der Waals surface area contributed by atoms with Crippen LogP contribution in [-0.4, -0.2) is 43.7 Å². The third-order valence-corrected chi connectivity index (χ3v) is 6.73. The molecule has 5 rings (SSSR count). The Hall–Kier alpha value is -1.79. The maximum atomic E-state index is 11.8. The second-order valence-electron chi connectivity index (χ2n) is 7.54. The Morgan fingerprint density at radius 2 is 2.09 bits per heavy atom. The van der Waals surface area contributed by atoms with Gasteiger partial charge in [0.15, 0.2) is 17.6 Å². The number of rotatable bonds is 1. The average molecular weight is 318 g/mol. The summed E-state index contributed by atoms with van der Waals surface area (Å²) in [5.74, 6) is -1.30. The number of aromatic hydroxyl groups is 1. The molecule has 0 amide bonds. The van der Waals surface area contributed by atoms with Crippen LogP contribution in [0.3, 0.4) is 0 Å². The monoisotopic (exact) mass is 318 g/mol. The maximum Gasteiger partial charge on any atom is 0.339 e. The van der Waals surface area contributed by atoms with E-state index in [0.717, 1.165) is 24.0 Å². The van der Waals surface area contributed by atoms with E-state index in [1.54, 1.807) is 6.07 Å². The molecule has 0 aromatic heterocycles. The van der Waals surface area contributed by atoms with Gasteiger partial charge in [-0.25, -0.2) is 4.79 Å². The van der Waals surface area contributed by atoms with Gasteiger partial charge in [-0.15, -0.1) is 0 Å². The van der Waals surface area contributed by atoms with Crippen LogP contribution in [-0.2, 0) is 16.6 Å². The quantitative estimate of drug-likeness (QED) is 0.607. The molecule has 122 valence electrons. The predicted molar refractivity (Wildman–Crippen MR) is 77.4 cm³/mol. The van der Waals surface area contributed by atoms with Crippen LogP contribution >= 0.6 is 0 Å². The van der Waals surface area contributed by atoms with E-state index in [9.17, 15) is 25.2 Å². The van der Waals surface area contributed by atoms with Gasteiger partial charge < -0.3 is 25.2 Å². The van der Waals surface area contributed by atoms with Gasteiger partial charge in [-0.1, -0.05) is 12.5 Å². The first kappa shape index (κ1) is 13.6. The second-order valence-corrected chi connectivity index (χ2v) is 7.54. The van der Waals surface area contributed by atoms with E-state index < -0.39 is 28.7 Å². The van der Waals surface area contributed by atoms with Gasteiger partial charge in [-0.3, -0.25) is 0 Å². The van der Waals surface area contributed by atoms with E-state index in [-0.39, 0.29) is 23.8 Å². The molecule has 0 saturated heterocycles. The highest BCUT2D eigenvalue weighted by Gasteiger charge is 2.80. The number of hydrogen-bond acceptors (Lipinski definition) is 5. The van der Waals surface area contributed by atoms with E-state index in [2.05, 4.69) is 0 Å². The molecule has 4 aliphatic rings. The summed E-state index contributed by atoms with van der Waals surface area (Å²) in [6.07, 6.45) is 1.53. The van der Waals surface area contributed by atoms with E-state index in [1.807, 2.05) is 6.07 Å². The van der Waals surface area contributed by atoms with Gasteiger partial charge in [0.2, 0.25) is 5.60 Å². The van der Waals surface area contributed by atoms with Crippen molar-refractivity contribution in [2.75, 3.05) is 0 Å². The van der Waals surface area contributed by atoms with Crippen LogP contribution in [0.4, 0.5) is 0 Å². The van der Waals surface area contributed by atoms with E-state index in [4.69, 9.17) is 4.74 Å². The first-order valence-corrected chi connectivity index (χ1v) is 8.05. The van der Waals surface area contributed by atoms with Crippen LogP contribution in [0, 0.1) is 5.92 Å². The molecular weight excluding hydrogens is 300 g/mol. The maximum absolute atomic E-state index is 11.8. The van der Waals surface area contributed by atoms with Crippen LogP contribution < -0.4 is 4.74 Å². The zero-order valence-electron chi connectivity index (χ0n) is 12.5. The lowest BCUT2D eigenvalue weighted by molar-refractivity contribution is -0.167. The van der Waals surface area contributed by atoms with Crippen molar-refractivity contribution in [1.29, 1.82) is 0 Å². The van der Waals surface area contributed by atoms with Gasteiger partial charge in [0.25, 0.3) is 0 Å². The fraction of sp³-hybridized carbons (Fsp3) is 0.588. The highest BCUT2D eigenvalue weighted by molar-refractivity contribution is 5.82. The molecule has 4 N–H and O–H groups in total. The van der Waals surface area contributed by atoms with Crippen molar-refractivity contribution >= 4 is 5.97 Å². The fourth-order valence-corrected chi connectivity index (χ4v) is 5.92. The Bertz CT molecular complexity index is 760. The van der Waals surface area contributed by atoms with E-state index in [1.165, 1.54) is 0 Å². The van der Waals surface area contributed by atoms with Crippen LogP contribution in [0.15, 0.2) is 12.1 Å². The van der Waals surface area contributed by atoms with Crippen molar-refractivity contribution in [1.82, 2.24) is 0 Å². The minimum Gasteiger partial charge on any atom is -0.504 e. The molecular formula is C17H18O6. The first-order valence-electron chi connectivity index (χ1n) is 8.05. The molecule has 6 heteroatoms. The predicted octanol–water partition coefficient (Wildman–Crippen LogP) is 0.698. The van der Waals surface area contributed by atoms with E-state index >= 15 is 0 Å². The number of carboxylic acid groups (broad SMARTS) is 1. The smallest absolute Gasteiger partial charge is 0.339 e. The number of phenolic OH excluding ortho intramolecular Hbond substituents is 1. The highest BCUT2D eigenvalue weighted by atomic mass is 16.5. The fourth-order valence-electron chi connectivity index (χ4n) is 5.92. The summed E-state index contributed by atoms with van der Waals surface area (Å²) in [5, 5.41) is 42.2. The zero-order chi connectivity index (χ0) is 16.2. The number of ether oxygens (including phenoxy) is 1. The molecule has 6 nitrogen and oxygen atoms in total. The molecule has 1 spiro atoms. The van der Waals surface area contributed by atoms with Gasteiger partial charge in [-0.2, -0.15) is 0 Å². The minimum atomic E-state index is -2.15. The van der Waals surface area contributed by atoms with Gasteiger partial charge in [0.05, 0.1) is 11.0 Å². The highest BCUT2D eigenvalue weighted by Crippen LogP contribution is 2.70. The molecule has 2 bridgehead atoms. The molecule has 1 aromatic carbocycles. The summed E-state index contributed by atoms with van der Waals surface area (Å²) < 4.78 is 5.83. The number of benzene rings is 1. The summed E-state index contributed by atoms with van der Waals surface area (Å²) >= 11 is 0. The zero-order valence-corrected chi connectivity index (χ0v) is 12.5. The molecule has 1 aliphatic heterocycles. The number of carbonyl (C=O) groups is 1. The summed E-state index contributed by atoms with van der Waals surface area (Å²) in [4.78, 5) is 11.8. The topological polar surface area (TPSA) is 107 Å². The summed E-state index contributed by atoms with van der Waals surface area (Å²) in [6, 6.07) is 3.38. The van der Waals surface area contributed by atoms with Crippen LogP contribution in [0.5, 0.6) is 11.5 Å². The van der Waals surface area contributed by atoms with E-state index in [0.29, 0.717) is 12.8 Å². The number of carboxylic acids is 1. The number of aliphatic hydroxyl groups is 2. The van der Waals surface area contributed by atoms with Crippen LogP contribution in [0.1, 0.15) is 36.8 Å². The second kappa shape index (κ2) is 3.65. The third-order valence-electron chi connectivity index (χ3n) is 6.73. The van der Waals surface area contributed by atoms with Crippen molar-refractivity contribution in [3.8, 4) is 11.5 Å². The van der Waals surface area contributed by atoms with Gasteiger partial charge in [-0.05, 0) is 36.8 Å². The average Bonchev–Trinajstić information content (AvgIpc) is 2.92. The SMILES string of the molecule is O=C(O)C1(O)CC2(O)C3CCCC24c2c(ccc(O)c2O[C@@H]14)C3. The van der Waals surface area contributed by atoms with Crippen molar-refractivity contribution in [3.63, 3.8) is 0 Å². The Labute approximate surface area is 132 Å². The largest absolute Gasteiger partial charge is 0.504 e. The van der Waals surface area contributed by atoms with Crippen molar-refractivity contribution in [3.05, 3.63) is 23.3 Å². The summed E-state index contributed by atoms with van der Waals surface area (Å²) in [7, 11) is 0. The minimum absolute atomic E-state index is 0.0633. The molecule has 3 aliphatic carbocycles. The Balaban J connectivity index is 1.88. The molecule has 5 atom stereocenters. The number of hydrogen-bond donors (Lipinski definition) is 4. The van der Waals surface area contributed by atoms with Gasteiger partial charge in [0.1, 0.15) is 0 Å². The molecule has 2 saturated carbocycles. The molecule has 23 heavy (non-hydrogen) atoms.